The average Bonchev–Trinajstić information content (AvgIpc) is 2.29. The van der Waals surface area contributed by atoms with Crippen molar-refractivity contribution in [3.8, 4) is 0 Å². The fraction of sp³-hybridized carbons (Fsp3) is 0.882. The van der Waals surface area contributed by atoms with Gasteiger partial charge >= 0.3 is 0 Å². The van der Waals surface area contributed by atoms with Crippen LogP contribution in [0.15, 0.2) is 12.2 Å². The first-order valence-corrected chi connectivity index (χ1v) is 11.0. The van der Waals surface area contributed by atoms with Gasteiger partial charge in [-0.2, -0.15) is 0 Å². The first-order valence-electron chi connectivity index (χ1n) is 8.07. The van der Waals surface area contributed by atoms with E-state index in [1.54, 1.807) is 0 Å². The Kier molecular flexibility index (Phi) is 4.06. The second-order valence-electron chi connectivity index (χ2n) is 8.24. The van der Waals surface area contributed by atoms with Crippen molar-refractivity contribution < 1.29 is 4.43 Å². The highest BCUT2D eigenvalue weighted by molar-refractivity contribution is 6.74. The molecule has 3 unspecified atom stereocenters. The smallest absolute Gasteiger partial charge is 0.192 e. The summed E-state index contributed by atoms with van der Waals surface area (Å²) in [6, 6.07) is 0. The molecule has 0 aromatic heterocycles. The molecule has 1 nitrogen and oxygen atoms in total. The Labute approximate surface area is 120 Å². The molecule has 0 aliphatic heterocycles. The van der Waals surface area contributed by atoms with Crippen LogP contribution < -0.4 is 0 Å². The first kappa shape index (κ1) is 15.3. The predicted molar refractivity (Wildman–Crippen MR) is 85.9 cm³/mol. The van der Waals surface area contributed by atoms with Gasteiger partial charge in [-0.05, 0) is 49.7 Å². The minimum Gasteiger partial charge on any atom is -0.413 e. The molecule has 3 aliphatic carbocycles. The summed E-state index contributed by atoms with van der Waals surface area (Å²) < 4.78 is 6.82. The van der Waals surface area contributed by atoms with E-state index in [0.29, 0.717) is 16.6 Å². The molecule has 2 bridgehead atoms. The van der Waals surface area contributed by atoms with E-state index in [2.05, 4.69) is 52.9 Å². The SMILES string of the molecule is CCCC12C=CC(CC1)CC2O[Si](C)(C)C(C)(C)C. The van der Waals surface area contributed by atoms with Crippen LogP contribution in [0, 0.1) is 11.3 Å². The minimum absolute atomic E-state index is 0.320. The quantitative estimate of drug-likeness (QED) is 0.486. The molecule has 0 aromatic rings. The van der Waals surface area contributed by atoms with Crippen molar-refractivity contribution in [1.82, 2.24) is 0 Å². The van der Waals surface area contributed by atoms with Gasteiger partial charge in [0, 0.05) is 5.41 Å². The van der Waals surface area contributed by atoms with Gasteiger partial charge < -0.3 is 4.43 Å². The molecule has 0 spiro atoms. The number of fused-ring (bicyclic) bond motifs is 2. The highest BCUT2D eigenvalue weighted by Crippen LogP contribution is 2.52. The largest absolute Gasteiger partial charge is 0.413 e. The molecule has 19 heavy (non-hydrogen) atoms. The molecule has 1 saturated carbocycles. The van der Waals surface area contributed by atoms with E-state index in [1.807, 2.05) is 0 Å². The molecule has 0 aromatic carbocycles. The van der Waals surface area contributed by atoms with Gasteiger partial charge in [-0.15, -0.1) is 0 Å². The fourth-order valence-corrected chi connectivity index (χ4v) is 4.86. The molecule has 110 valence electrons. The highest BCUT2D eigenvalue weighted by atomic mass is 28.4. The molecule has 0 N–H and O–H groups in total. The van der Waals surface area contributed by atoms with Gasteiger partial charge in [-0.25, -0.2) is 0 Å². The van der Waals surface area contributed by atoms with Crippen molar-refractivity contribution in [2.75, 3.05) is 0 Å². The van der Waals surface area contributed by atoms with E-state index >= 15 is 0 Å². The van der Waals surface area contributed by atoms with Crippen LogP contribution in [0.25, 0.3) is 0 Å². The van der Waals surface area contributed by atoms with E-state index in [-0.39, 0.29) is 0 Å². The molecule has 0 saturated heterocycles. The third-order valence-corrected chi connectivity index (χ3v) is 10.3. The van der Waals surface area contributed by atoms with Crippen LogP contribution in [-0.4, -0.2) is 14.4 Å². The molecule has 0 amide bonds. The molecule has 3 aliphatic rings. The number of hydrogen-bond donors (Lipinski definition) is 0. The summed E-state index contributed by atoms with van der Waals surface area (Å²) in [4.78, 5) is 0. The summed E-state index contributed by atoms with van der Waals surface area (Å²) in [6.45, 7) is 14.2. The lowest BCUT2D eigenvalue weighted by atomic mass is 9.62. The van der Waals surface area contributed by atoms with E-state index in [1.165, 1.54) is 32.1 Å². The van der Waals surface area contributed by atoms with Crippen molar-refractivity contribution in [2.45, 2.75) is 84.0 Å². The Morgan fingerprint density at radius 2 is 2.00 bits per heavy atom. The van der Waals surface area contributed by atoms with Crippen LogP contribution >= 0.6 is 0 Å². The Bertz CT molecular complexity index is 353. The van der Waals surface area contributed by atoms with E-state index in [4.69, 9.17) is 4.43 Å². The van der Waals surface area contributed by atoms with Crippen molar-refractivity contribution in [3.63, 3.8) is 0 Å². The van der Waals surface area contributed by atoms with Crippen LogP contribution in [0.3, 0.4) is 0 Å². The summed E-state index contributed by atoms with van der Waals surface area (Å²) in [6.07, 6.45) is 12.0. The fourth-order valence-electron chi connectivity index (χ4n) is 3.47. The Morgan fingerprint density at radius 1 is 1.32 bits per heavy atom. The Hall–Kier alpha value is -0.0831. The average molecular weight is 281 g/mol. The predicted octanol–water partition coefficient (Wildman–Crippen LogP) is 5.53. The lowest BCUT2D eigenvalue weighted by molar-refractivity contribution is 0.0000289. The lowest BCUT2D eigenvalue weighted by Crippen LogP contribution is -2.52. The molecule has 1 fully saturated rings. The van der Waals surface area contributed by atoms with Gasteiger partial charge in [0.1, 0.15) is 0 Å². The molecular formula is C17H32OSi. The van der Waals surface area contributed by atoms with E-state index < -0.39 is 8.32 Å². The van der Waals surface area contributed by atoms with E-state index in [0.717, 1.165) is 5.92 Å². The Balaban J connectivity index is 2.18. The molecular weight excluding hydrogens is 248 g/mol. The van der Waals surface area contributed by atoms with Crippen molar-refractivity contribution in [2.24, 2.45) is 11.3 Å². The second kappa shape index (κ2) is 5.03. The zero-order valence-electron chi connectivity index (χ0n) is 13.8. The lowest BCUT2D eigenvalue weighted by Gasteiger charge is -2.52. The zero-order valence-corrected chi connectivity index (χ0v) is 14.8. The normalized spacial score (nSPS) is 34.8. The van der Waals surface area contributed by atoms with Gasteiger partial charge in [0.25, 0.3) is 0 Å². The maximum absolute atomic E-state index is 6.82. The maximum atomic E-state index is 6.82. The highest BCUT2D eigenvalue weighted by Gasteiger charge is 2.48. The molecule has 3 atom stereocenters. The maximum Gasteiger partial charge on any atom is 0.192 e. The van der Waals surface area contributed by atoms with Gasteiger partial charge in [-0.1, -0.05) is 46.3 Å². The van der Waals surface area contributed by atoms with Gasteiger partial charge in [-0.3, -0.25) is 0 Å². The van der Waals surface area contributed by atoms with Crippen molar-refractivity contribution in [3.05, 3.63) is 12.2 Å². The monoisotopic (exact) mass is 280 g/mol. The van der Waals surface area contributed by atoms with Crippen LogP contribution in [0.2, 0.25) is 18.1 Å². The van der Waals surface area contributed by atoms with Crippen LogP contribution in [0.4, 0.5) is 0 Å². The summed E-state index contributed by atoms with van der Waals surface area (Å²) in [5, 5.41) is 0.320. The summed E-state index contributed by atoms with van der Waals surface area (Å²) >= 11 is 0. The number of allylic oxidation sites excluding steroid dienone is 1. The third-order valence-electron chi connectivity index (χ3n) is 5.80. The van der Waals surface area contributed by atoms with Gasteiger partial charge in [0.05, 0.1) is 6.10 Å². The van der Waals surface area contributed by atoms with Gasteiger partial charge in [0.15, 0.2) is 8.32 Å². The Morgan fingerprint density at radius 3 is 2.47 bits per heavy atom. The topological polar surface area (TPSA) is 9.23 Å². The van der Waals surface area contributed by atoms with Crippen LogP contribution in [-0.2, 0) is 4.43 Å². The summed E-state index contributed by atoms with van der Waals surface area (Å²) in [7, 11) is -1.64. The standard InChI is InChI=1S/C17H32OSi/c1-7-10-17-11-8-14(9-12-17)13-15(17)18-19(5,6)16(2,3)4/h8,11,14-15H,7,9-10,12-13H2,1-6H3. The molecule has 3 rings (SSSR count). The minimum atomic E-state index is -1.64. The molecule has 0 radical (unpaired) electrons. The molecule has 2 heteroatoms. The second-order valence-corrected chi connectivity index (χ2v) is 13.0. The zero-order chi connectivity index (χ0) is 14.3. The van der Waals surface area contributed by atoms with Crippen molar-refractivity contribution in [1.29, 1.82) is 0 Å². The number of hydrogen-bond acceptors (Lipinski definition) is 1. The number of rotatable bonds is 4. The third kappa shape index (κ3) is 2.85. The van der Waals surface area contributed by atoms with Crippen LogP contribution in [0.1, 0.15) is 59.8 Å². The van der Waals surface area contributed by atoms with Gasteiger partial charge in [0.2, 0.25) is 0 Å². The van der Waals surface area contributed by atoms with Crippen molar-refractivity contribution >= 4 is 8.32 Å². The summed E-state index contributed by atoms with van der Waals surface area (Å²) in [5.74, 6) is 0.786. The van der Waals surface area contributed by atoms with Crippen LogP contribution in [0.5, 0.6) is 0 Å². The summed E-state index contributed by atoms with van der Waals surface area (Å²) in [5.41, 5.74) is 0.360. The molecule has 0 heterocycles. The van der Waals surface area contributed by atoms with E-state index in [9.17, 15) is 0 Å². The first-order chi connectivity index (χ1) is 8.70.